The largest absolute Gasteiger partial charge is 0.447 e. The maximum Gasteiger partial charge on any atom is 0.414 e. The van der Waals surface area contributed by atoms with Crippen LogP contribution in [0.15, 0.2) is 59.5 Å². The number of hydrogen-bond donors (Lipinski definition) is 1. The van der Waals surface area contributed by atoms with E-state index < -0.39 is 16.1 Å². The smallest absolute Gasteiger partial charge is 0.414 e. The van der Waals surface area contributed by atoms with Gasteiger partial charge >= 0.3 is 6.09 Å². The van der Waals surface area contributed by atoms with Gasteiger partial charge in [-0.2, -0.15) is 4.31 Å². The van der Waals surface area contributed by atoms with E-state index >= 15 is 0 Å². The number of anilines is 2. The van der Waals surface area contributed by atoms with Crippen molar-refractivity contribution >= 4 is 27.5 Å². The number of hydrogen-bond acceptors (Lipinski definition) is 5. The number of carbonyl (C=O) groups is 1. The number of ether oxygens (including phenoxy) is 1. The predicted molar refractivity (Wildman–Crippen MR) is 102 cm³/mol. The number of sulfonamides is 1. The Morgan fingerprint density at radius 2 is 1.74 bits per heavy atom. The Balaban J connectivity index is 1.44. The lowest BCUT2D eigenvalue weighted by molar-refractivity contribution is 0.181. The monoisotopic (exact) mass is 387 g/mol. The number of cyclic esters (lactones) is 1. The van der Waals surface area contributed by atoms with E-state index in [4.69, 9.17) is 4.74 Å². The molecule has 1 amide bonds. The molecule has 1 N–H and O–H groups in total. The third-order valence-corrected chi connectivity index (χ3v) is 6.72. The molecule has 142 valence electrons. The second-order valence-corrected chi connectivity index (χ2v) is 8.56. The fourth-order valence-corrected chi connectivity index (χ4v) is 4.91. The Hall–Kier alpha value is -2.58. The lowest BCUT2D eigenvalue weighted by Crippen LogP contribution is -2.31. The molecule has 27 heavy (non-hydrogen) atoms. The molecule has 0 aliphatic carbocycles. The fourth-order valence-electron chi connectivity index (χ4n) is 3.41. The standard InChI is InChI=1S/C19H21N3O4S/c23-19-22(12-13-26-19)17-6-8-18(9-7-17)27(24,25)21-11-10-16(14-21)20-15-4-2-1-3-5-15/h1-9,16,20H,10-14H2/t16-/m0/s1. The van der Waals surface area contributed by atoms with Gasteiger partial charge in [-0.05, 0) is 42.8 Å². The summed E-state index contributed by atoms with van der Waals surface area (Å²) in [5.74, 6) is 0. The summed E-state index contributed by atoms with van der Waals surface area (Å²) in [5, 5.41) is 3.38. The van der Waals surface area contributed by atoms with Crippen LogP contribution in [0.5, 0.6) is 0 Å². The SMILES string of the molecule is O=C1OCCN1c1ccc(S(=O)(=O)N2CC[C@H](Nc3ccccc3)C2)cc1. The van der Waals surface area contributed by atoms with Crippen molar-refractivity contribution in [3.05, 3.63) is 54.6 Å². The molecule has 0 saturated carbocycles. The molecule has 2 aliphatic rings. The fraction of sp³-hybridized carbons (Fsp3) is 0.316. The first kappa shape index (κ1) is 17.8. The van der Waals surface area contributed by atoms with Gasteiger partial charge in [0.15, 0.2) is 0 Å². The number of carbonyl (C=O) groups excluding carboxylic acids is 1. The molecule has 8 heteroatoms. The summed E-state index contributed by atoms with van der Waals surface area (Å²) in [7, 11) is -3.56. The molecule has 0 spiro atoms. The molecule has 2 aromatic carbocycles. The van der Waals surface area contributed by atoms with E-state index in [0.717, 1.165) is 12.1 Å². The van der Waals surface area contributed by atoms with Crippen molar-refractivity contribution in [3.63, 3.8) is 0 Å². The van der Waals surface area contributed by atoms with Crippen molar-refractivity contribution in [1.29, 1.82) is 0 Å². The summed E-state index contributed by atoms with van der Waals surface area (Å²) in [4.78, 5) is 13.3. The molecule has 0 aromatic heterocycles. The van der Waals surface area contributed by atoms with Gasteiger partial charge in [0.25, 0.3) is 0 Å². The van der Waals surface area contributed by atoms with Crippen LogP contribution in [0, 0.1) is 0 Å². The number of nitrogens with zero attached hydrogens (tertiary/aromatic N) is 2. The highest BCUT2D eigenvalue weighted by molar-refractivity contribution is 7.89. The van der Waals surface area contributed by atoms with Crippen LogP contribution >= 0.6 is 0 Å². The Morgan fingerprint density at radius 3 is 2.41 bits per heavy atom. The maximum atomic E-state index is 12.9. The Kier molecular flexibility index (Phi) is 4.75. The molecular formula is C19H21N3O4S. The van der Waals surface area contributed by atoms with Gasteiger partial charge in [0.2, 0.25) is 10.0 Å². The molecule has 0 radical (unpaired) electrons. The number of para-hydroxylation sites is 1. The number of benzene rings is 2. The topological polar surface area (TPSA) is 79.0 Å². The van der Waals surface area contributed by atoms with E-state index in [9.17, 15) is 13.2 Å². The van der Waals surface area contributed by atoms with Crippen molar-refractivity contribution in [3.8, 4) is 0 Å². The highest BCUT2D eigenvalue weighted by Gasteiger charge is 2.33. The highest BCUT2D eigenvalue weighted by Crippen LogP contribution is 2.26. The zero-order valence-electron chi connectivity index (χ0n) is 14.7. The first-order valence-corrected chi connectivity index (χ1v) is 10.3. The van der Waals surface area contributed by atoms with E-state index in [0.29, 0.717) is 31.9 Å². The number of rotatable bonds is 5. The highest BCUT2D eigenvalue weighted by atomic mass is 32.2. The summed E-state index contributed by atoms with van der Waals surface area (Å²) in [6.07, 6.45) is 0.353. The molecule has 2 aromatic rings. The van der Waals surface area contributed by atoms with Crippen molar-refractivity contribution in [1.82, 2.24) is 4.31 Å². The summed E-state index contributed by atoms with van der Waals surface area (Å²) in [5.41, 5.74) is 1.63. The molecule has 2 aliphatic heterocycles. The van der Waals surface area contributed by atoms with E-state index in [1.165, 1.54) is 9.21 Å². The molecule has 2 saturated heterocycles. The zero-order valence-corrected chi connectivity index (χ0v) is 15.6. The molecule has 7 nitrogen and oxygen atoms in total. The predicted octanol–water partition coefficient (Wildman–Crippen LogP) is 2.52. The van der Waals surface area contributed by atoms with Crippen LogP contribution < -0.4 is 10.2 Å². The zero-order chi connectivity index (χ0) is 18.9. The van der Waals surface area contributed by atoms with Gasteiger partial charge in [0.1, 0.15) is 6.61 Å². The van der Waals surface area contributed by atoms with Crippen LogP contribution in [0.3, 0.4) is 0 Å². The van der Waals surface area contributed by atoms with Gasteiger partial charge in [0.05, 0.1) is 11.4 Å². The molecule has 0 unspecified atom stereocenters. The summed E-state index contributed by atoms with van der Waals surface area (Å²) >= 11 is 0. The van der Waals surface area contributed by atoms with Gasteiger partial charge < -0.3 is 10.1 Å². The average Bonchev–Trinajstić information content (AvgIpc) is 3.32. The van der Waals surface area contributed by atoms with Crippen LogP contribution in [0.4, 0.5) is 16.2 Å². The van der Waals surface area contributed by atoms with Gasteiger partial charge in [-0.25, -0.2) is 13.2 Å². The minimum Gasteiger partial charge on any atom is -0.447 e. The van der Waals surface area contributed by atoms with Crippen molar-refractivity contribution < 1.29 is 17.9 Å². The first-order chi connectivity index (χ1) is 13.0. The second kappa shape index (κ2) is 7.21. The van der Waals surface area contributed by atoms with E-state index in [1.54, 1.807) is 24.3 Å². The molecule has 0 bridgehead atoms. The van der Waals surface area contributed by atoms with Crippen LogP contribution in [0.2, 0.25) is 0 Å². The minimum absolute atomic E-state index is 0.0841. The Bertz CT molecular complexity index is 916. The number of nitrogens with one attached hydrogen (secondary N) is 1. The maximum absolute atomic E-state index is 12.9. The van der Waals surface area contributed by atoms with E-state index in [-0.39, 0.29) is 10.9 Å². The summed E-state index contributed by atoms with van der Waals surface area (Å²) < 4.78 is 32.3. The van der Waals surface area contributed by atoms with Crippen molar-refractivity contribution in [2.24, 2.45) is 0 Å². The lowest BCUT2D eigenvalue weighted by atomic mass is 10.2. The quantitative estimate of drug-likeness (QED) is 0.853. The molecular weight excluding hydrogens is 366 g/mol. The Labute approximate surface area is 158 Å². The van der Waals surface area contributed by atoms with Crippen LogP contribution in [0.25, 0.3) is 0 Å². The molecule has 2 fully saturated rings. The summed E-state index contributed by atoms with van der Waals surface area (Å²) in [6.45, 7) is 1.73. The summed E-state index contributed by atoms with van der Waals surface area (Å²) in [6, 6.07) is 16.3. The van der Waals surface area contributed by atoms with Gasteiger partial charge in [-0.1, -0.05) is 18.2 Å². The third kappa shape index (κ3) is 3.63. The van der Waals surface area contributed by atoms with Gasteiger partial charge in [0, 0.05) is 30.5 Å². The normalized spacial score (nSPS) is 20.7. The van der Waals surface area contributed by atoms with Crippen LogP contribution in [-0.2, 0) is 14.8 Å². The molecule has 2 heterocycles. The van der Waals surface area contributed by atoms with Gasteiger partial charge in [-0.3, -0.25) is 4.90 Å². The molecule has 4 rings (SSSR count). The molecule has 1 atom stereocenters. The van der Waals surface area contributed by atoms with E-state index in [1.807, 2.05) is 30.3 Å². The third-order valence-electron chi connectivity index (χ3n) is 4.84. The van der Waals surface area contributed by atoms with Crippen LogP contribution in [0.1, 0.15) is 6.42 Å². The van der Waals surface area contributed by atoms with Gasteiger partial charge in [-0.15, -0.1) is 0 Å². The first-order valence-electron chi connectivity index (χ1n) is 8.90. The van der Waals surface area contributed by atoms with E-state index in [2.05, 4.69) is 5.32 Å². The average molecular weight is 387 g/mol. The van der Waals surface area contributed by atoms with Crippen molar-refractivity contribution in [2.45, 2.75) is 17.4 Å². The Morgan fingerprint density at radius 1 is 1.00 bits per heavy atom. The van der Waals surface area contributed by atoms with Crippen LogP contribution in [-0.4, -0.2) is 51.1 Å². The second-order valence-electron chi connectivity index (χ2n) is 6.62. The lowest BCUT2D eigenvalue weighted by Gasteiger charge is -2.18. The number of amides is 1. The van der Waals surface area contributed by atoms with Crippen molar-refractivity contribution in [2.75, 3.05) is 36.5 Å². The minimum atomic E-state index is -3.56.